The van der Waals surface area contributed by atoms with Gasteiger partial charge >= 0.3 is 0 Å². The Morgan fingerprint density at radius 1 is 1.08 bits per heavy atom. The van der Waals surface area contributed by atoms with Crippen molar-refractivity contribution in [3.8, 4) is 23.0 Å². The summed E-state index contributed by atoms with van der Waals surface area (Å²) in [5.74, 6) is 2.64. The molecule has 4 aromatic rings. The summed E-state index contributed by atoms with van der Waals surface area (Å²) in [5.41, 5.74) is 2.40. The highest BCUT2D eigenvalue weighted by molar-refractivity contribution is 7.99. The number of nitrogens with zero attached hydrogens (tertiary/aromatic N) is 2. The Morgan fingerprint density at radius 3 is 2.73 bits per heavy atom. The Hall–Kier alpha value is -3.70. The van der Waals surface area contributed by atoms with Gasteiger partial charge in [0, 0.05) is 6.54 Å². The number of thiophene rings is 1. The Bertz CT molecular complexity index is 1500. The molecule has 0 saturated heterocycles. The van der Waals surface area contributed by atoms with E-state index in [0.29, 0.717) is 57.9 Å². The monoisotopic (exact) mass is 539 g/mol. The van der Waals surface area contributed by atoms with Gasteiger partial charge in [0.2, 0.25) is 12.7 Å². The summed E-state index contributed by atoms with van der Waals surface area (Å²) in [6, 6.07) is 13.1. The molecule has 0 saturated carbocycles. The summed E-state index contributed by atoms with van der Waals surface area (Å²) in [7, 11) is 3.18. The number of nitrogens with one attached hydrogen (secondary N) is 1. The van der Waals surface area contributed by atoms with Crippen LogP contribution in [0.1, 0.15) is 11.1 Å². The zero-order chi connectivity index (χ0) is 25.8. The number of fused-ring (bicyclic) bond motifs is 2. The molecule has 0 unspecified atom stereocenters. The maximum absolute atomic E-state index is 13.3. The van der Waals surface area contributed by atoms with Crippen LogP contribution in [0.3, 0.4) is 0 Å². The first-order valence-corrected chi connectivity index (χ1v) is 13.4. The number of thioether (sulfide) groups is 1. The highest BCUT2D eigenvalue weighted by atomic mass is 32.2. The topological polar surface area (TPSA) is 101 Å². The van der Waals surface area contributed by atoms with E-state index in [9.17, 15) is 9.59 Å². The van der Waals surface area contributed by atoms with Crippen LogP contribution in [0, 0.1) is 0 Å². The van der Waals surface area contributed by atoms with Crippen molar-refractivity contribution in [2.45, 2.75) is 18.1 Å². The van der Waals surface area contributed by atoms with Crippen molar-refractivity contribution in [2.75, 3.05) is 33.3 Å². The Morgan fingerprint density at radius 2 is 1.89 bits per heavy atom. The van der Waals surface area contributed by atoms with E-state index in [4.69, 9.17) is 18.9 Å². The van der Waals surface area contributed by atoms with Crippen LogP contribution in [-0.4, -0.2) is 48.8 Å². The van der Waals surface area contributed by atoms with Crippen LogP contribution in [0.2, 0.25) is 0 Å². The first kappa shape index (κ1) is 25.0. The highest BCUT2D eigenvalue weighted by Gasteiger charge is 2.17. The molecule has 11 heteroatoms. The largest absolute Gasteiger partial charge is 0.493 e. The standard InChI is InChI=1S/C26H25N3O6S2/c1-32-19-5-3-16(11-21(19)33-2)7-9-27-23(30)14-37-26-28-18-8-10-36-24(18)25(31)29(26)13-17-4-6-20-22(12-17)35-15-34-20/h3-6,8,10-12H,7,9,13-15H2,1-2H3,(H,27,30). The first-order chi connectivity index (χ1) is 18.1. The second kappa shape index (κ2) is 11.1. The van der Waals surface area contributed by atoms with Crippen LogP contribution in [0.4, 0.5) is 0 Å². The predicted molar refractivity (Wildman–Crippen MR) is 143 cm³/mol. The van der Waals surface area contributed by atoms with Crippen molar-refractivity contribution in [3.63, 3.8) is 0 Å². The molecule has 0 aliphatic carbocycles. The number of carbonyl (C=O) groups excluding carboxylic acids is 1. The molecule has 37 heavy (non-hydrogen) atoms. The van der Waals surface area contributed by atoms with Gasteiger partial charge in [-0.2, -0.15) is 0 Å². The average Bonchev–Trinajstić information content (AvgIpc) is 3.58. The summed E-state index contributed by atoms with van der Waals surface area (Å²) in [6.07, 6.45) is 0.644. The molecule has 1 amide bonds. The summed E-state index contributed by atoms with van der Waals surface area (Å²) in [6.45, 7) is 0.957. The molecule has 1 aliphatic heterocycles. The third-order valence-electron chi connectivity index (χ3n) is 5.82. The molecular formula is C26H25N3O6S2. The number of rotatable bonds is 10. The van der Waals surface area contributed by atoms with Gasteiger partial charge in [-0.15, -0.1) is 11.3 Å². The minimum absolute atomic E-state index is 0.131. The molecular weight excluding hydrogens is 514 g/mol. The lowest BCUT2D eigenvalue weighted by molar-refractivity contribution is -0.118. The number of hydrogen-bond donors (Lipinski definition) is 1. The molecule has 2 aromatic heterocycles. The number of amides is 1. The van der Waals surface area contributed by atoms with Gasteiger partial charge in [-0.25, -0.2) is 4.98 Å². The van der Waals surface area contributed by atoms with Crippen LogP contribution in [0.5, 0.6) is 23.0 Å². The number of hydrogen-bond acceptors (Lipinski definition) is 9. The Kier molecular flexibility index (Phi) is 7.52. The first-order valence-electron chi connectivity index (χ1n) is 11.5. The molecule has 0 atom stereocenters. The van der Waals surface area contributed by atoms with E-state index in [1.807, 2.05) is 47.8 Å². The van der Waals surface area contributed by atoms with Gasteiger partial charge in [0.05, 0.1) is 32.0 Å². The Balaban J connectivity index is 1.25. The van der Waals surface area contributed by atoms with Gasteiger partial charge in [-0.05, 0) is 53.3 Å². The molecule has 0 radical (unpaired) electrons. The maximum Gasteiger partial charge on any atom is 0.272 e. The lowest BCUT2D eigenvalue weighted by Gasteiger charge is -2.13. The maximum atomic E-state index is 13.3. The fourth-order valence-electron chi connectivity index (χ4n) is 3.96. The molecule has 1 aliphatic rings. The second-order valence-corrected chi connectivity index (χ2v) is 10.0. The highest BCUT2D eigenvalue weighted by Crippen LogP contribution is 2.33. The molecule has 5 rings (SSSR count). The van der Waals surface area contributed by atoms with Gasteiger partial charge in [0.1, 0.15) is 4.70 Å². The SMILES string of the molecule is COc1ccc(CCNC(=O)CSc2nc3ccsc3c(=O)n2Cc2ccc3c(c2)OCO3)cc1OC. The minimum atomic E-state index is -0.139. The van der Waals surface area contributed by atoms with Crippen molar-refractivity contribution < 1.29 is 23.7 Å². The average molecular weight is 540 g/mol. The summed E-state index contributed by atoms with van der Waals surface area (Å²) in [5, 5.41) is 5.27. The summed E-state index contributed by atoms with van der Waals surface area (Å²) < 4.78 is 23.7. The van der Waals surface area contributed by atoms with Crippen LogP contribution in [0.15, 0.2) is 57.8 Å². The lowest BCUT2D eigenvalue weighted by atomic mass is 10.1. The van der Waals surface area contributed by atoms with E-state index in [1.165, 1.54) is 23.1 Å². The van der Waals surface area contributed by atoms with E-state index in [1.54, 1.807) is 18.8 Å². The van der Waals surface area contributed by atoms with E-state index in [-0.39, 0.29) is 24.0 Å². The van der Waals surface area contributed by atoms with Crippen LogP contribution in [-0.2, 0) is 17.8 Å². The van der Waals surface area contributed by atoms with Crippen LogP contribution in [0.25, 0.3) is 10.2 Å². The normalized spacial score (nSPS) is 12.1. The van der Waals surface area contributed by atoms with Gasteiger partial charge in [0.25, 0.3) is 5.56 Å². The molecule has 2 aromatic carbocycles. The molecule has 0 fully saturated rings. The van der Waals surface area contributed by atoms with Crippen LogP contribution < -0.4 is 29.8 Å². The molecule has 1 N–H and O–H groups in total. The van der Waals surface area contributed by atoms with Crippen molar-refractivity contribution in [2.24, 2.45) is 0 Å². The predicted octanol–water partition coefficient (Wildman–Crippen LogP) is 3.70. The van der Waals surface area contributed by atoms with Gasteiger partial charge < -0.3 is 24.3 Å². The zero-order valence-corrected chi connectivity index (χ0v) is 21.9. The molecule has 192 valence electrons. The fourth-order valence-corrected chi connectivity index (χ4v) is 5.57. The third-order valence-corrected chi connectivity index (χ3v) is 7.69. The number of ether oxygens (including phenoxy) is 4. The van der Waals surface area contributed by atoms with E-state index < -0.39 is 0 Å². The van der Waals surface area contributed by atoms with Crippen molar-refractivity contribution >= 4 is 39.2 Å². The van der Waals surface area contributed by atoms with Crippen molar-refractivity contribution in [1.82, 2.24) is 14.9 Å². The summed E-state index contributed by atoms with van der Waals surface area (Å²) in [4.78, 5) is 30.5. The van der Waals surface area contributed by atoms with Gasteiger partial charge in [-0.1, -0.05) is 23.9 Å². The molecule has 0 bridgehead atoms. The minimum Gasteiger partial charge on any atom is -0.493 e. The van der Waals surface area contributed by atoms with Crippen molar-refractivity contribution in [3.05, 3.63) is 69.3 Å². The smallest absolute Gasteiger partial charge is 0.272 e. The number of methoxy groups -OCH3 is 2. The van der Waals surface area contributed by atoms with Crippen LogP contribution >= 0.6 is 23.1 Å². The zero-order valence-electron chi connectivity index (χ0n) is 20.3. The number of aromatic nitrogens is 2. The van der Waals surface area contributed by atoms with E-state index in [2.05, 4.69) is 10.3 Å². The lowest BCUT2D eigenvalue weighted by Crippen LogP contribution is -2.28. The quantitative estimate of drug-likeness (QED) is 0.241. The summed E-state index contributed by atoms with van der Waals surface area (Å²) >= 11 is 2.60. The number of benzene rings is 2. The molecule has 9 nitrogen and oxygen atoms in total. The fraction of sp³-hybridized carbons (Fsp3) is 0.269. The molecule has 3 heterocycles. The molecule has 0 spiro atoms. The van der Waals surface area contributed by atoms with Gasteiger partial charge in [-0.3, -0.25) is 14.2 Å². The number of carbonyl (C=O) groups is 1. The Labute approximate surface area is 221 Å². The van der Waals surface area contributed by atoms with Gasteiger partial charge in [0.15, 0.2) is 28.2 Å². The third kappa shape index (κ3) is 5.52. The van der Waals surface area contributed by atoms with Crippen molar-refractivity contribution in [1.29, 1.82) is 0 Å². The van der Waals surface area contributed by atoms with E-state index in [0.717, 1.165) is 11.1 Å². The van der Waals surface area contributed by atoms with E-state index >= 15 is 0 Å². The second-order valence-electron chi connectivity index (χ2n) is 8.19.